The second-order valence-electron chi connectivity index (χ2n) is 5.51. The number of hydrogen-bond acceptors (Lipinski definition) is 4. The van der Waals surface area contributed by atoms with Gasteiger partial charge < -0.3 is 15.1 Å². The minimum absolute atomic E-state index is 0.0459. The Morgan fingerprint density at radius 3 is 2.57 bits per heavy atom. The topological polar surface area (TPSA) is 84.3 Å². The third-order valence-corrected chi connectivity index (χ3v) is 3.95. The third kappa shape index (κ3) is 4.76. The number of ether oxygens (including phenoxy) is 1. The fourth-order valence-corrected chi connectivity index (χ4v) is 2.73. The van der Waals surface area contributed by atoms with Crippen molar-refractivity contribution >= 4 is 17.4 Å². The van der Waals surface area contributed by atoms with Gasteiger partial charge in [-0.15, -0.1) is 0 Å². The summed E-state index contributed by atoms with van der Waals surface area (Å²) in [5, 5.41) is 4.11. The molecule has 122 valence electrons. The van der Waals surface area contributed by atoms with Gasteiger partial charge in [-0.1, -0.05) is 54.8 Å². The number of carbonyl (C=O) groups excluding carboxylic acids is 1. The molecule has 0 unspecified atom stereocenters. The molecular weight excluding hydrogens is 294 g/mol. The van der Waals surface area contributed by atoms with E-state index in [4.69, 9.17) is 4.84 Å². The van der Waals surface area contributed by atoms with E-state index in [0.717, 1.165) is 31.2 Å². The van der Waals surface area contributed by atoms with Crippen LogP contribution in [0.1, 0.15) is 37.7 Å². The number of nitrogens with zero attached hydrogens (tertiary/aromatic N) is 3. The number of rotatable bonds is 6. The maximum Gasteiger partial charge on any atom is 0.423 e. The average Bonchev–Trinajstić information content (AvgIpc) is 2.62. The SMILES string of the molecule is COC(=O)C(=[N+]=[N-])/C(=N/OCc1ccccc1)C1CCCCC1. The number of oxime groups is 1. The zero-order chi connectivity index (χ0) is 16.5. The Balaban J connectivity index is 2.16. The summed E-state index contributed by atoms with van der Waals surface area (Å²) in [5.41, 5.74) is 10.4. The van der Waals surface area contributed by atoms with Crippen molar-refractivity contribution in [1.82, 2.24) is 0 Å². The number of hydrogen-bond donors (Lipinski definition) is 0. The molecule has 0 aromatic heterocycles. The normalized spacial score (nSPS) is 15.6. The molecule has 0 heterocycles. The maximum absolute atomic E-state index is 11.8. The Bertz CT molecular complexity index is 601. The van der Waals surface area contributed by atoms with Crippen molar-refractivity contribution in [2.45, 2.75) is 38.7 Å². The molecule has 1 fully saturated rings. The van der Waals surface area contributed by atoms with Gasteiger partial charge in [0.1, 0.15) is 6.61 Å². The summed E-state index contributed by atoms with van der Waals surface area (Å²) in [6.45, 7) is 0.289. The largest absolute Gasteiger partial charge is 0.460 e. The fourth-order valence-electron chi connectivity index (χ4n) is 2.73. The molecule has 6 heteroatoms. The van der Waals surface area contributed by atoms with Crippen LogP contribution in [0.25, 0.3) is 5.53 Å². The van der Waals surface area contributed by atoms with Crippen molar-refractivity contribution in [3.63, 3.8) is 0 Å². The number of methoxy groups -OCH3 is 1. The van der Waals surface area contributed by atoms with Crippen LogP contribution in [0.4, 0.5) is 0 Å². The van der Waals surface area contributed by atoms with Crippen LogP contribution in [0.2, 0.25) is 0 Å². The lowest BCUT2D eigenvalue weighted by Crippen LogP contribution is -2.33. The van der Waals surface area contributed by atoms with Gasteiger partial charge >= 0.3 is 11.7 Å². The van der Waals surface area contributed by atoms with Gasteiger partial charge in [-0.05, 0) is 18.4 Å². The minimum atomic E-state index is -0.708. The van der Waals surface area contributed by atoms with E-state index in [1.165, 1.54) is 13.5 Å². The first-order valence-electron chi connectivity index (χ1n) is 7.80. The van der Waals surface area contributed by atoms with E-state index >= 15 is 0 Å². The standard InChI is InChI=1S/C17H21N3O3/c1-22-17(21)16(19-18)15(14-10-6-3-7-11-14)20-23-12-13-8-4-2-5-9-13/h2,4-5,8-9,14H,3,6-7,10-12H2,1H3/b20-15+. The van der Waals surface area contributed by atoms with E-state index in [-0.39, 0.29) is 18.2 Å². The first-order valence-corrected chi connectivity index (χ1v) is 7.80. The summed E-state index contributed by atoms with van der Waals surface area (Å²) in [7, 11) is 1.25. The zero-order valence-corrected chi connectivity index (χ0v) is 13.3. The number of benzene rings is 1. The molecule has 0 aliphatic heterocycles. The molecule has 0 atom stereocenters. The Hall–Kier alpha value is -2.46. The van der Waals surface area contributed by atoms with Crippen LogP contribution in [0.15, 0.2) is 35.5 Å². The van der Waals surface area contributed by atoms with Gasteiger partial charge in [0.05, 0.1) is 7.11 Å². The lowest BCUT2D eigenvalue weighted by molar-refractivity contribution is -0.136. The molecule has 0 N–H and O–H groups in total. The van der Waals surface area contributed by atoms with Crippen LogP contribution in [-0.2, 0) is 21.0 Å². The maximum atomic E-state index is 11.8. The summed E-state index contributed by atoms with van der Waals surface area (Å²) in [4.78, 5) is 20.3. The van der Waals surface area contributed by atoms with Gasteiger partial charge in [-0.3, -0.25) is 0 Å². The highest BCUT2D eigenvalue weighted by atomic mass is 16.6. The molecule has 6 nitrogen and oxygen atoms in total. The third-order valence-electron chi connectivity index (χ3n) is 3.95. The quantitative estimate of drug-likeness (QED) is 0.266. The van der Waals surface area contributed by atoms with Crippen LogP contribution in [0.3, 0.4) is 0 Å². The molecule has 0 bridgehead atoms. The van der Waals surface area contributed by atoms with Gasteiger partial charge in [0.15, 0.2) is 5.71 Å². The highest BCUT2D eigenvalue weighted by Gasteiger charge is 2.35. The molecule has 1 aromatic carbocycles. The minimum Gasteiger partial charge on any atom is -0.460 e. The molecule has 1 aliphatic carbocycles. The Kier molecular flexibility index (Phi) is 6.51. The van der Waals surface area contributed by atoms with Crippen LogP contribution in [0.5, 0.6) is 0 Å². The molecule has 23 heavy (non-hydrogen) atoms. The Morgan fingerprint density at radius 2 is 1.96 bits per heavy atom. The van der Waals surface area contributed by atoms with E-state index in [9.17, 15) is 10.3 Å². The predicted molar refractivity (Wildman–Crippen MR) is 85.9 cm³/mol. The van der Waals surface area contributed by atoms with E-state index in [1.807, 2.05) is 30.3 Å². The van der Waals surface area contributed by atoms with Gasteiger partial charge in [-0.25, -0.2) is 4.79 Å². The molecule has 2 rings (SSSR count). The predicted octanol–water partition coefficient (Wildman–Crippen LogP) is 2.98. The second kappa shape index (κ2) is 8.86. The number of esters is 1. The molecule has 1 aliphatic rings. The van der Waals surface area contributed by atoms with Crippen molar-refractivity contribution < 1.29 is 19.2 Å². The van der Waals surface area contributed by atoms with Crippen molar-refractivity contribution in [2.24, 2.45) is 11.1 Å². The summed E-state index contributed by atoms with van der Waals surface area (Å²) in [6.07, 6.45) is 5.07. The van der Waals surface area contributed by atoms with Gasteiger partial charge in [-0.2, -0.15) is 4.79 Å². The van der Waals surface area contributed by atoms with Crippen molar-refractivity contribution in [3.8, 4) is 0 Å². The summed E-state index contributed by atoms with van der Waals surface area (Å²) < 4.78 is 4.67. The first kappa shape index (κ1) is 16.9. The fraction of sp³-hybridized carbons (Fsp3) is 0.471. The monoisotopic (exact) mass is 315 g/mol. The van der Waals surface area contributed by atoms with Gasteiger partial charge in [0, 0.05) is 5.92 Å². The van der Waals surface area contributed by atoms with Crippen LogP contribution in [0, 0.1) is 5.92 Å². The van der Waals surface area contributed by atoms with Gasteiger partial charge in [0.25, 0.3) is 0 Å². The van der Waals surface area contributed by atoms with Crippen LogP contribution in [-0.4, -0.2) is 29.3 Å². The van der Waals surface area contributed by atoms with Crippen LogP contribution >= 0.6 is 0 Å². The molecule has 1 aromatic rings. The highest BCUT2D eigenvalue weighted by molar-refractivity contribution is 6.64. The first-order chi connectivity index (χ1) is 11.3. The molecule has 0 radical (unpaired) electrons. The summed E-state index contributed by atoms with van der Waals surface area (Å²) in [6, 6.07) is 9.61. The molecule has 1 saturated carbocycles. The van der Waals surface area contributed by atoms with Gasteiger partial charge in [0.2, 0.25) is 0 Å². The highest BCUT2D eigenvalue weighted by Crippen LogP contribution is 2.25. The Morgan fingerprint density at radius 1 is 1.26 bits per heavy atom. The molecule has 0 spiro atoms. The smallest absolute Gasteiger partial charge is 0.423 e. The lowest BCUT2D eigenvalue weighted by Gasteiger charge is -2.20. The van der Waals surface area contributed by atoms with Crippen molar-refractivity contribution in [3.05, 3.63) is 41.4 Å². The molecular formula is C17H21N3O3. The zero-order valence-electron chi connectivity index (χ0n) is 13.3. The van der Waals surface area contributed by atoms with E-state index in [1.54, 1.807) is 0 Å². The molecule has 0 saturated heterocycles. The van der Waals surface area contributed by atoms with Crippen molar-refractivity contribution in [2.75, 3.05) is 7.11 Å². The van der Waals surface area contributed by atoms with E-state index < -0.39 is 5.97 Å². The van der Waals surface area contributed by atoms with E-state index in [0.29, 0.717) is 5.71 Å². The van der Waals surface area contributed by atoms with E-state index in [2.05, 4.69) is 14.7 Å². The second-order valence-corrected chi connectivity index (χ2v) is 5.51. The average molecular weight is 315 g/mol. The van der Waals surface area contributed by atoms with Crippen molar-refractivity contribution in [1.29, 1.82) is 0 Å². The Labute approximate surface area is 135 Å². The number of carbonyl (C=O) groups is 1. The summed E-state index contributed by atoms with van der Waals surface area (Å²) in [5.74, 6) is -0.662. The molecule has 0 amide bonds. The van der Waals surface area contributed by atoms with Crippen LogP contribution < -0.4 is 0 Å². The lowest BCUT2D eigenvalue weighted by atomic mass is 9.84. The summed E-state index contributed by atoms with van der Waals surface area (Å²) >= 11 is 0.